The first-order valence-corrected chi connectivity index (χ1v) is 8.99. The molecule has 0 fully saturated rings. The van der Waals surface area contributed by atoms with Crippen LogP contribution in [-0.4, -0.2) is 23.3 Å². The predicted octanol–water partition coefficient (Wildman–Crippen LogP) is 3.43. The summed E-state index contributed by atoms with van der Waals surface area (Å²) in [5, 5.41) is 18.5. The second kappa shape index (κ2) is 7.52. The Morgan fingerprint density at radius 1 is 1.16 bits per heavy atom. The summed E-state index contributed by atoms with van der Waals surface area (Å²) in [7, 11) is 0. The molecule has 2 heterocycles. The van der Waals surface area contributed by atoms with Crippen LogP contribution in [0.3, 0.4) is 0 Å². The van der Waals surface area contributed by atoms with Crippen molar-refractivity contribution in [2.24, 2.45) is 0 Å². The summed E-state index contributed by atoms with van der Waals surface area (Å²) in [6, 6.07) is 8.65. The minimum absolute atomic E-state index is 0.658. The monoisotopic (exact) mass is 336 g/mol. The maximum absolute atomic E-state index is 9.73. The van der Waals surface area contributed by atoms with Crippen molar-refractivity contribution >= 4 is 5.82 Å². The van der Waals surface area contributed by atoms with E-state index < -0.39 is 0 Å². The van der Waals surface area contributed by atoms with Gasteiger partial charge in [0.1, 0.15) is 17.4 Å². The Morgan fingerprint density at radius 3 is 2.68 bits per heavy atom. The third kappa shape index (κ3) is 3.30. The molecule has 0 saturated carbocycles. The molecular weight excluding hydrogens is 312 g/mol. The molecule has 0 unspecified atom stereocenters. The number of ether oxygens (including phenoxy) is 1. The average Bonchev–Trinajstić information content (AvgIpc) is 2.66. The number of aryl methyl sites for hydroxylation is 1. The van der Waals surface area contributed by atoms with Crippen molar-refractivity contribution in [3.05, 3.63) is 46.1 Å². The van der Waals surface area contributed by atoms with E-state index >= 15 is 0 Å². The van der Waals surface area contributed by atoms with Gasteiger partial charge in [0.15, 0.2) is 5.82 Å². The summed E-state index contributed by atoms with van der Waals surface area (Å²) >= 11 is 0. The quantitative estimate of drug-likeness (QED) is 0.837. The standard InChI is InChI=1S/C20H24N4O/c1-4-17-18(12-21)20(23-22-19(17)5-2)24-10-9-14-7-8-16(25-6-3)11-15(14)13-24/h7-8,11H,4-6,9-10,13H2,1-3H3. The van der Waals surface area contributed by atoms with Crippen LogP contribution >= 0.6 is 0 Å². The molecule has 1 aliphatic rings. The summed E-state index contributed by atoms with van der Waals surface area (Å²) in [6.45, 7) is 8.34. The highest BCUT2D eigenvalue weighted by atomic mass is 16.5. The normalized spacial score (nSPS) is 13.3. The van der Waals surface area contributed by atoms with Crippen LogP contribution in [0.2, 0.25) is 0 Å². The molecular formula is C20H24N4O. The summed E-state index contributed by atoms with van der Waals surface area (Å²) in [5.41, 5.74) is 5.22. The summed E-state index contributed by atoms with van der Waals surface area (Å²) < 4.78 is 5.63. The van der Waals surface area contributed by atoms with Gasteiger partial charge in [0, 0.05) is 13.1 Å². The number of aromatic nitrogens is 2. The highest BCUT2D eigenvalue weighted by Crippen LogP contribution is 2.30. The third-order valence-electron chi connectivity index (χ3n) is 4.74. The first-order valence-electron chi connectivity index (χ1n) is 8.99. The average molecular weight is 336 g/mol. The van der Waals surface area contributed by atoms with E-state index in [-0.39, 0.29) is 0 Å². The molecule has 25 heavy (non-hydrogen) atoms. The van der Waals surface area contributed by atoms with Crippen molar-refractivity contribution in [3.63, 3.8) is 0 Å². The smallest absolute Gasteiger partial charge is 0.169 e. The summed E-state index contributed by atoms with van der Waals surface area (Å²) in [5.74, 6) is 1.61. The minimum Gasteiger partial charge on any atom is -0.494 e. The van der Waals surface area contributed by atoms with Crippen LogP contribution in [-0.2, 0) is 25.8 Å². The fraction of sp³-hybridized carbons (Fsp3) is 0.450. The summed E-state index contributed by atoms with van der Waals surface area (Å²) in [4.78, 5) is 2.17. The van der Waals surface area contributed by atoms with E-state index in [1.54, 1.807) is 0 Å². The molecule has 1 aliphatic heterocycles. The van der Waals surface area contributed by atoms with E-state index in [4.69, 9.17) is 4.74 Å². The molecule has 130 valence electrons. The Morgan fingerprint density at radius 2 is 2.00 bits per heavy atom. The Labute approximate surface area is 149 Å². The minimum atomic E-state index is 0.658. The molecule has 3 rings (SSSR count). The molecule has 1 aromatic heterocycles. The number of anilines is 1. The SMILES string of the molecule is CCOc1ccc2c(c1)CN(c1nnc(CC)c(CC)c1C#N)CC2. The number of nitrogens with zero attached hydrogens (tertiary/aromatic N) is 4. The highest BCUT2D eigenvalue weighted by Gasteiger charge is 2.23. The molecule has 0 bridgehead atoms. The van der Waals surface area contributed by atoms with Gasteiger partial charge in [-0.3, -0.25) is 0 Å². The van der Waals surface area contributed by atoms with Crippen LogP contribution in [0.1, 0.15) is 48.7 Å². The largest absolute Gasteiger partial charge is 0.494 e. The lowest BCUT2D eigenvalue weighted by Crippen LogP contribution is -2.32. The van der Waals surface area contributed by atoms with Crippen molar-refractivity contribution in [1.82, 2.24) is 10.2 Å². The van der Waals surface area contributed by atoms with Gasteiger partial charge >= 0.3 is 0 Å². The number of hydrogen-bond donors (Lipinski definition) is 0. The van der Waals surface area contributed by atoms with E-state index in [9.17, 15) is 5.26 Å². The maximum atomic E-state index is 9.73. The Hall–Kier alpha value is -2.61. The van der Waals surface area contributed by atoms with E-state index in [1.807, 2.05) is 13.0 Å². The lowest BCUT2D eigenvalue weighted by Gasteiger charge is -2.30. The third-order valence-corrected chi connectivity index (χ3v) is 4.74. The molecule has 0 spiro atoms. The first-order chi connectivity index (χ1) is 12.2. The molecule has 2 aromatic rings. The molecule has 0 N–H and O–H groups in total. The number of nitriles is 1. The molecule has 1 aromatic carbocycles. The van der Waals surface area contributed by atoms with Gasteiger partial charge in [-0.2, -0.15) is 10.4 Å². The highest BCUT2D eigenvalue weighted by molar-refractivity contribution is 5.59. The predicted molar refractivity (Wildman–Crippen MR) is 97.9 cm³/mol. The maximum Gasteiger partial charge on any atom is 0.169 e. The Kier molecular flexibility index (Phi) is 5.18. The van der Waals surface area contributed by atoms with Crippen LogP contribution in [0.4, 0.5) is 5.82 Å². The zero-order chi connectivity index (χ0) is 17.8. The van der Waals surface area contributed by atoms with Crippen LogP contribution in [0, 0.1) is 11.3 Å². The van der Waals surface area contributed by atoms with Gasteiger partial charge in [0.25, 0.3) is 0 Å². The molecule has 5 nitrogen and oxygen atoms in total. The van der Waals surface area contributed by atoms with Gasteiger partial charge in [-0.25, -0.2) is 0 Å². The lowest BCUT2D eigenvalue weighted by molar-refractivity contribution is 0.339. The second-order valence-electron chi connectivity index (χ2n) is 6.18. The molecule has 0 saturated heterocycles. The van der Waals surface area contributed by atoms with Crippen LogP contribution in [0.25, 0.3) is 0 Å². The Bertz CT molecular complexity index is 810. The second-order valence-corrected chi connectivity index (χ2v) is 6.18. The van der Waals surface area contributed by atoms with Gasteiger partial charge in [0.05, 0.1) is 12.3 Å². The zero-order valence-electron chi connectivity index (χ0n) is 15.2. The number of hydrogen-bond acceptors (Lipinski definition) is 5. The number of fused-ring (bicyclic) bond motifs is 1. The first kappa shape index (κ1) is 17.2. The van der Waals surface area contributed by atoms with E-state index in [1.165, 1.54) is 11.1 Å². The topological polar surface area (TPSA) is 62.0 Å². The van der Waals surface area contributed by atoms with Crippen molar-refractivity contribution in [2.45, 2.75) is 46.6 Å². The van der Waals surface area contributed by atoms with Gasteiger partial charge < -0.3 is 9.64 Å². The molecule has 0 amide bonds. The molecule has 0 radical (unpaired) electrons. The van der Waals surface area contributed by atoms with Gasteiger partial charge in [-0.15, -0.1) is 5.10 Å². The van der Waals surface area contributed by atoms with Gasteiger partial charge in [-0.1, -0.05) is 19.9 Å². The summed E-state index contributed by atoms with van der Waals surface area (Å²) in [6.07, 6.45) is 2.53. The van der Waals surface area contributed by atoms with Crippen LogP contribution in [0.15, 0.2) is 18.2 Å². The van der Waals surface area contributed by atoms with Crippen molar-refractivity contribution in [2.75, 3.05) is 18.1 Å². The van der Waals surface area contributed by atoms with Gasteiger partial charge in [-0.05, 0) is 55.0 Å². The van der Waals surface area contributed by atoms with Crippen molar-refractivity contribution in [3.8, 4) is 11.8 Å². The fourth-order valence-corrected chi connectivity index (χ4v) is 3.47. The fourth-order valence-electron chi connectivity index (χ4n) is 3.47. The van der Waals surface area contributed by atoms with Crippen molar-refractivity contribution in [1.29, 1.82) is 5.26 Å². The van der Waals surface area contributed by atoms with E-state index in [0.717, 1.165) is 49.4 Å². The number of rotatable bonds is 5. The number of benzene rings is 1. The lowest BCUT2D eigenvalue weighted by atomic mass is 9.98. The zero-order valence-corrected chi connectivity index (χ0v) is 15.2. The van der Waals surface area contributed by atoms with Crippen LogP contribution < -0.4 is 9.64 Å². The molecule has 0 aliphatic carbocycles. The van der Waals surface area contributed by atoms with E-state index in [0.29, 0.717) is 18.0 Å². The van der Waals surface area contributed by atoms with E-state index in [2.05, 4.69) is 47.1 Å². The van der Waals surface area contributed by atoms with Crippen LogP contribution in [0.5, 0.6) is 5.75 Å². The Balaban J connectivity index is 1.96. The van der Waals surface area contributed by atoms with Crippen molar-refractivity contribution < 1.29 is 4.74 Å². The van der Waals surface area contributed by atoms with Gasteiger partial charge in [0.2, 0.25) is 0 Å². The molecule has 5 heteroatoms. The molecule has 0 atom stereocenters.